The average Bonchev–Trinajstić information content (AvgIpc) is 2.54. The maximum Gasteiger partial charge on any atom is 0.137 e. The molecule has 0 spiro atoms. The standard InChI is InChI=1S/C17H14N4/c1-12-3-2-4-15-16(12)20-11-21-17(15)19-10-14-7-5-13(9-18)6-8-14/h2-8,11H,10H2,1H3,(H,19,20,21). The minimum absolute atomic E-state index is 0.658. The van der Waals surface area contributed by atoms with Crippen molar-refractivity contribution in [1.29, 1.82) is 5.26 Å². The number of aromatic nitrogens is 2. The van der Waals surface area contributed by atoms with E-state index < -0.39 is 0 Å². The highest BCUT2D eigenvalue weighted by atomic mass is 15.0. The molecule has 21 heavy (non-hydrogen) atoms. The van der Waals surface area contributed by atoms with Crippen LogP contribution in [0.1, 0.15) is 16.7 Å². The van der Waals surface area contributed by atoms with E-state index in [1.54, 1.807) is 6.33 Å². The third kappa shape index (κ3) is 2.67. The molecule has 4 heteroatoms. The Labute approximate surface area is 123 Å². The molecule has 0 atom stereocenters. The summed E-state index contributed by atoms with van der Waals surface area (Å²) in [6.45, 7) is 2.70. The van der Waals surface area contributed by atoms with E-state index in [1.807, 2.05) is 49.4 Å². The van der Waals surface area contributed by atoms with Crippen molar-refractivity contribution in [2.75, 3.05) is 5.32 Å². The Kier molecular flexibility index (Phi) is 3.48. The minimum Gasteiger partial charge on any atom is -0.365 e. The number of benzene rings is 2. The number of rotatable bonds is 3. The Morgan fingerprint density at radius 3 is 2.67 bits per heavy atom. The molecule has 3 aromatic rings. The number of nitrogens with zero attached hydrogens (tertiary/aromatic N) is 3. The number of fused-ring (bicyclic) bond motifs is 1. The van der Waals surface area contributed by atoms with Gasteiger partial charge in [-0.2, -0.15) is 5.26 Å². The van der Waals surface area contributed by atoms with E-state index in [0.717, 1.165) is 27.8 Å². The van der Waals surface area contributed by atoms with Gasteiger partial charge < -0.3 is 5.32 Å². The van der Waals surface area contributed by atoms with Gasteiger partial charge in [0.05, 0.1) is 17.1 Å². The van der Waals surface area contributed by atoms with E-state index in [9.17, 15) is 0 Å². The first-order valence-electron chi connectivity index (χ1n) is 6.71. The first-order valence-corrected chi connectivity index (χ1v) is 6.71. The second-order valence-corrected chi connectivity index (χ2v) is 4.86. The van der Waals surface area contributed by atoms with Crippen LogP contribution in [0.5, 0.6) is 0 Å². The van der Waals surface area contributed by atoms with Gasteiger partial charge in [-0.3, -0.25) is 0 Å². The van der Waals surface area contributed by atoms with Crippen molar-refractivity contribution in [2.24, 2.45) is 0 Å². The van der Waals surface area contributed by atoms with Crippen LogP contribution in [0.4, 0.5) is 5.82 Å². The summed E-state index contributed by atoms with van der Waals surface area (Å²) in [5.41, 5.74) is 3.88. The van der Waals surface area contributed by atoms with Gasteiger partial charge in [-0.1, -0.05) is 24.3 Å². The summed E-state index contributed by atoms with van der Waals surface area (Å²) in [5.74, 6) is 0.827. The maximum absolute atomic E-state index is 8.80. The molecule has 4 nitrogen and oxygen atoms in total. The number of nitrogens with one attached hydrogen (secondary N) is 1. The van der Waals surface area contributed by atoms with Crippen LogP contribution in [-0.4, -0.2) is 9.97 Å². The Hall–Kier alpha value is -2.93. The summed E-state index contributed by atoms with van der Waals surface area (Å²) >= 11 is 0. The summed E-state index contributed by atoms with van der Waals surface area (Å²) in [4.78, 5) is 8.65. The summed E-state index contributed by atoms with van der Waals surface area (Å²) in [6.07, 6.45) is 1.58. The van der Waals surface area contributed by atoms with Crippen LogP contribution in [0.3, 0.4) is 0 Å². The van der Waals surface area contributed by atoms with E-state index in [2.05, 4.69) is 21.4 Å². The third-order valence-corrected chi connectivity index (χ3v) is 3.41. The molecular formula is C17H14N4. The van der Waals surface area contributed by atoms with Crippen LogP contribution in [0.15, 0.2) is 48.8 Å². The summed E-state index contributed by atoms with van der Waals surface area (Å²) in [7, 11) is 0. The summed E-state index contributed by atoms with van der Waals surface area (Å²) < 4.78 is 0. The van der Waals surface area contributed by atoms with Crippen LogP contribution >= 0.6 is 0 Å². The molecule has 0 unspecified atom stereocenters. The largest absolute Gasteiger partial charge is 0.365 e. The van der Waals surface area contributed by atoms with Crippen molar-refractivity contribution < 1.29 is 0 Å². The fraction of sp³-hybridized carbons (Fsp3) is 0.118. The number of hydrogen-bond acceptors (Lipinski definition) is 4. The predicted molar refractivity (Wildman–Crippen MR) is 82.8 cm³/mol. The normalized spacial score (nSPS) is 10.3. The van der Waals surface area contributed by atoms with E-state index >= 15 is 0 Å². The van der Waals surface area contributed by atoms with Crippen molar-refractivity contribution >= 4 is 16.7 Å². The van der Waals surface area contributed by atoms with Crippen molar-refractivity contribution in [3.63, 3.8) is 0 Å². The van der Waals surface area contributed by atoms with Gasteiger partial charge in [-0.15, -0.1) is 0 Å². The van der Waals surface area contributed by atoms with Gasteiger partial charge in [0.15, 0.2) is 0 Å². The van der Waals surface area contributed by atoms with Crippen molar-refractivity contribution in [2.45, 2.75) is 13.5 Å². The molecule has 102 valence electrons. The molecular weight excluding hydrogens is 260 g/mol. The molecule has 2 aromatic carbocycles. The SMILES string of the molecule is Cc1cccc2c(NCc3ccc(C#N)cc3)ncnc12. The molecule has 0 fully saturated rings. The van der Waals surface area contributed by atoms with Gasteiger partial charge in [-0.25, -0.2) is 9.97 Å². The number of aryl methyl sites for hydroxylation is 1. The van der Waals surface area contributed by atoms with E-state index in [4.69, 9.17) is 5.26 Å². The predicted octanol–water partition coefficient (Wildman–Crippen LogP) is 3.42. The van der Waals surface area contributed by atoms with Gasteiger partial charge in [0, 0.05) is 11.9 Å². The molecule has 0 saturated heterocycles. The van der Waals surface area contributed by atoms with Crippen LogP contribution < -0.4 is 5.32 Å². The second-order valence-electron chi connectivity index (χ2n) is 4.86. The molecule has 1 N–H and O–H groups in total. The fourth-order valence-corrected chi connectivity index (χ4v) is 2.26. The molecule has 1 aromatic heterocycles. The number of para-hydroxylation sites is 1. The van der Waals surface area contributed by atoms with Gasteiger partial charge in [-0.05, 0) is 36.2 Å². The molecule has 0 radical (unpaired) electrons. The Bertz CT molecular complexity index is 816. The molecule has 0 amide bonds. The number of nitriles is 1. The van der Waals surface area contributed by atoms with Crippen LogP contribution in [0.2, 0.25) is 0 Å². The smallest absolute Gasteiger partial charge is 0.137 e. The molecule has 0 aliphatic carbocycles. The molecule has 1 heterocycles. The fourth-order valence-electron chi connectivity index (χ4n) is 2.26. The highest BCUT2D eigenvalue weighted by Crippen LogP contribution is 2.22. The summed E-state index contributed by atoms with van der Waals surface area (Å²) in [5, 5.41) is 13.2. The first-order chi connectivity index (χ1) is 10.3. The molecule has 0 bridgehead atoms. The first kappa shape index (κ1) is 13.1. The quantitative estimate of drug-likeness (QED) is 0.795. The molecule has 0 saturated carbocycles. The highest BCUT2D eigenvalue weighted by molar-refractivity contribution is 5.90. The monoisotopic (exact) mass is 274 g/mol. The van der Waals surface area contributed by atoms with Gasteiger partial charge in [0.2, 0.25) is 0 Å². The zero-order valence-corrected chi connectivity index (χ0v) is 11.7. The lowest BCUT2D eigenvalue weighted by atomic mass is 10.1. The number of anilines is 1. The lowest BCUT2D eigenvalue weighted by Gasteiger charge is -2.09. The summed E-state index contributed by atoms with van der Waals surface area (Å²) in [6, 6.07) is 15.7. The molecule has 0 aliphatic heterocycles. The second kappa shape index (κ2) is 5.59. The van der Waals surface area contributed by atoms with E-state index in [0.29, 0.717) is 12.1 Å². The van der Waals surface area contributed by atoms with Gasteiger partial charge >= 0.3 is 0 Å². The van der Waals surface area contributed by atoms with E-state index in [-0.39, 0.29) is 0 Å². The Balaban J connectivity index is 1.85. The zero-order valence-electron chi connectivity index (χ0n) is 11.7. The minimum atomic E-state index is 0.658. The zero-order chi connectivity index (χ0) is 14.7. The Morgan fingerprint density at radius 1 is 1.10 bits per heavy atom. The molecule has 3 rings (SSSR count). The average molecular weight is 274 g/mol. The maximum atomic E-state index is 8.80. The Morgan fingerprint density at radius 2 is 1.90 bits per heavy atom. The number of hydrogen-bond donors (Lipinski definition) is 1. The van der Waals surface area contributed by atoms with Crippen LogP contribution in [-0.2, 0) is 6.54 Å². The van der Waals surface area contributed by atoms with Gasteiger partial charge in [0.1, 0.15) is 12.1 Å². The van der Waals surface area contributed by atoms with Crippen LogP contribution in [0.25, 0.3) is 10.9 Å². The third-order valence-electron chi connectivity index (χ3n) is 3.41. The molecule has 0 aliphatic rings. The van der Waals surface area contributed by atoms with Crippen molar-refractivity contribution in [1.82, 2.24) is 9.97 Å². The van der Waals surface area contributed by atoms with Crippen molar-refractivity contribution in [3.8, 4) is 6.07 Å². The lowest BCUT2D eigenvalue weighted by Crippen LogP contribution is -2.03. The van der Waals surface area contributed by atoms with Gasteiger partial charge in [0.25, 0.3) is 0 Å². The highest BCUT2D eigenvalue weighted by Gasteiger charge is 2.05. The van der Waals surface area contributed by atoms with Crippen molar-refractivity contribution in [3.05, 3.63) is 65.5 Å². The van der Waals surface area contributed by atoms with Crippen LogP contribution in [0, 0.1) is 18.3 Å². The topological polar surface area (TPSA) is 61.6 Å². The lowest BCUT2D eigenvalue weighted by molar-refractivity contribution is 1.10. The van der Waals surface area contributed by atoms with E-state index in [1.165, 1.54) is 0 Å².